The number of oxazole rings is 1. The third-order valence-corrected chi connectivity index (χ3v) is 7.57. The van der Waals surface area contributed by atoms with E-state index in [1.54, 1.807) is 0 Å². The van der Waals surface area contributed by atoms with Crippen molar-refractivity contribution in [1.82, 2.24) is 26.3 Å². The number of carbonyl (C=O) groups is 4. The monoisotopic (exact) mass is 567 g/mol. The lowest BCUT2D eigenvalue weighted by Gasteiger charge is -2.27. The first kappa shape index (κ1) is 30.2. The van der Waals surface area contributed by atoms with Crippen LogP contribution in [0.3, 0.4) is 0 Å². The Morgan fingerprint density at radius 3 is 2.51 bits per heavy atom. The molecule has 4 amide bonds. The summed E-state index contributed by atoms with van der Waals surface area (Å²) in [7, 11) is 0. The fourth-order valence-corrected chi connectivity index (χ4v) is 5.13. The maximum atomic E-state index is 13.7. The second-order valence-electron chi connectivity index (χ2n) is 11.2. The van der Waals surface area contributed by atoms with Gasteiger partial charge in [0.25, 0.3) is 5.91 Å². The Bertz CT molecular complexity index is 1180. The van der Waals surface area contributed by atoms with Crippen LogP contribution in [-0.2, 0) is 25.5 Å². The van der Waals surface area contributed by atoms with E-state index in [2.05, 4.69) is 26.3 Å². The van der Waals surface area contributed by atoms with Crippen molar-refractivity contribution in [2.75, 3.05) is 19.8 Å². The van der Waals surface area contributed by atoms with Gasteiger partial charge in [0.05, 0.1) is 0 Å². The smallest absolute Gasteiger partial charge is 0.273 e. The lowest BCUT2D eigenvalue weighted by Crippen LogP contribution is -2.55. The van der Waals surface area contributed by atoms with Crippen molar-refractivity contribution >= 4 is 23.6 Å². The maximum absolute atomic E-state index is 13.7. The number of hydrogen-bond donors (Lipinski definition) is 4. The first-order valence-corrected chi connectivity index (χ1v) is 14.6. The first-order valence-electron chi connectivity index (χ1n) is 14.6. The largest absolute Gasteiger partial charge is 0.446 e. The predicted molar refractivity (Wildman–Crippen MR) is 151 cm³/mol. The molecule has 1 fully saturated rings. The van der Waals surface area contributed by atoms with E-state index in [4.69, 9.17) is 9.15 Å². The van der Waals surface area contributed by atoms with Crippen LogP contribution in [0.4, 0.5) is 0 Å². The quantitative estimate of drug-likeness (QED) is 0.418. The molecule has 2 aromatic rings. The summed E-state index contributed by atoms with van der Waals surface area (Å²) in [5.41, 5.74) is 1.01. The molecule has 41 heavy (non-hydrogen) atoms. The maximum Gasteiger partial charge on any atom is 0.273 e. The fourth-order valence-electron chi connectivity index (χ4n) is 5.13. The molecule has 4 rings (SSSR count). The zero-order valence-electron chi connectivity index (χ0n) is 23.8. The van der Waals surface area contributed by atoms with E-state index in [1.807, 2.05) is 44.2 Å². The van der Waals surface area contributed by atoms with E-state index >= 15 is 0 Å². The van der Waals surface area contributed by atoms with Crippen LogP contribution < -0.4 is 21.3 Å². The second kappa shape index (κ2) is 14.8. The summed E-state index contributed by atoms with van der Waals surface area (Å²) >= 11 is 0. The van der Waals surface area contributed by atoms with Gasteiger partial charge in [0.2, 0.25) is 23.6 Å². The molecule has 0 spiro atoms. The average Bonchev–Trinajstić information content (AvgIpc) is 3.45. The van der Waals surface area contributed by atoms with Crippen molar-refractivity contribution in [2.45, 2.75) is 76.9 Å². The number of carbonyl (C=O) groups excluding carboxylic acids is 4. The molecule has 1 aromatic heterocycles. The van der Waals surface area contributed by atoms with Crippen LogP contribution in [0, 0.1) is 11.8 Å². The molecule has 0 unspecified atom stereocenters. The van der Waals surface area contributed by atoms with Gasteiger partial charge in [-0.3, -0.25) is 19.2 Å². The zero-order chi connectivity index (χ0) is 29.2. The highest BCUT2D eigenvalue weighted by atomic mass is 16.5. The number of benzene rings is 1. The van der Waals surface area contributed by atoms with Crippen molar-refractivity contribution in [3.63, 3.8) is 0 Å². The normalized spacial score (nSPS) is 23.4. The molecule has 1 saturated heterocycles. The van der Waals surface area contributed by atoms with E-state index in [9.17, 15) is 19.2 Å². The molecule has 1 aromatic carbocycles. The Morgan fingerprint density at radius 2 is 1.78 bits per heavy atom. The lowest BCUT2D eigenvalue weighted by molar-refractivity contribution is -0.133. The third-order valence-electron chi connectivity index (χ3n) is 7.57. The molecule has 3 atom stereocenters. The summed E-state index contributed by atoms with van der Waals surface area (Å²) in [5.74, 6) is -1.08. The number of rotatable bonds is 6. The summed E-state index contributed by atoms with van der Waals surface area (Å²) in [4.78, 5) is 57.2. The number of aromatic nitrogens is 1. The molecule has 11 heteroatoms. The summed E-state index contributed by atoms with van der Waals surface area (Å²) in [5, 5.41) is 11.6. The molecule has 0 aliphatic carbocycles. The number of fused-ring (bicyclic) bond motifs is 2. The van der Waals surface area contributed by atoms with Gasteiger partial charge in [0.1, 0.15) is 24.4 Å². The highest BCUT2D eigenvalue weighted by Crippen LogP contribution is 2.22. The van der Waals surface area contributed by atoms with Crippen molar-refractivity contribution in [3.8, 4) is 0 Å². The SMILES string of the molecule is CC(C)[C@@H]1NC(=O)[C@H](Cc2ccccc2)NC(=O)[C@@H](NC(=O)CC2CCOCC2)CCCCNC(=O)c2coc1n2. The van der Waals surface area contributed by atoms with Crippen molar-refractivity contribution in [2.24, 2.45) is 11.8 Å². The Hall–Kier alpha value is -3.73. The predicted octanol–water partition coefficient (Wildman–Crippen LogP) is 2.43. The number of hydrogen-bond acceptors (Lipinski definition) is 7. The molecular weight excluding hydrogens is 526 g/mol. The minimum absolute atomic E-state index is 0.113. The van der Waals surface area contributed by atoms with Gasteiger partial charge >= 0.3 is 0 Å². The molecule has 0 radical (unpaired) electrons. The molecule has 222 valence electrons. The number of amides is 4. The van der Waals surface area contributed by atoms with Gasteiger partial charge in [-0.1, -0.05) is 44.2 Å². The highest BCUT2D eigenvalue weighted by Gasteiger charge is 2.32. The van der Waals surface area contributed by atoms with E-state index < -0.39 is 29.9 Å². The van der Waals surface area contributed by atoms with Crippen LogP contribution in [0.2, 0.25) is 0 Å². The Kier molecular flexibility index (Phi) is 10.9. The van der Waals surface area contributed by atoms with Crippen molar-refractivity contribution in [1.29, 1.82) is 0 Å². The van der Waals surface area contributed by atoms with Crippen LogP contribution in [0.25, 0.3) is 0 Å². The van der Waals surface area contributed by atoms with Gasteiger partial charge in [-0.2, -0.15) is 0 Å². The van der Waals surface area contributed by atoms with Crippen molar-refractivity contribution < 1.29 is 28.3 Å². The standard InChI is InChI=1S/C30H41N5O6/c1-19(2)26-30-34-24(18-41-30)27(37)31-13-7-6-10-22(32-25(36)17-21-11-14-40-15-12-21)28(38)33-23(29(39)35-26)16-20-8-4-3-5-9-20/h3-5,8-9,18-19,21-23,26H,6-7,10-17H2,1-2H3,(H,31,37)(H,32,36)(H,33,38)(H,35,39)/t22-,23-,26-/m0/s1. The van der Waals surface area contributed by atoms with Crippen LogP contribution in [0.15, 0.2) is 41.0 Å². The van der Waals surface area contributed by atoms with Crippen LogP contribution in [-0.4, -0.2) is 60.5 Å². The molecule has 11 nitrogen and oxygen atoms in total. The van der Waals surface area contributed by atoms with Crippen LogP contribution in [0.1, 0.15) is 80.4 Å². The van der Waals surface area contributed by atoms with Gasteiger partial charge in [-0.15, -0.1) is 0 Å². The summed E-state index contributed by atoms with van der Waals surface area (Å²) in [6.45, 7) is 5.46. The Morgan fingerprint density at radius 1 is 1.02 bits per heavy atom. The topological polar surface area (TPSA) is 152 Å². The summed E-state index contributed by atoms with van der Waals surface area (Å²) < 4.78 is 11.0. The van der Waals surface area contributed by atoms with E-state index in [0.717, 1.165) is 18.4 Å². The van der Waals surface area contributed by atoms with Gasteiger partial charge < -0.3 is 30.4 Å². The molecule has 3 heterocycles. The first-order chi connectivity index (χ1) is 19.8. The van der Waals surface area contributed by atoms with Gasteiger partial charge in [-0.25, -0.2) is 4.98 Å². The summed E-state index contributed by atoms with van der Waals surface area (Å²) in [6, 6.07) is 7.07. The lowest BCUT2D eigenvalue weighted by atomic mass is 9.96. The minimum atomic E-state index is -0.910. The zero-order valence-corrected chi connectivity index (χ0v) is 23.8. The summed E-state index contributed by atoms with van der Waals surface area (Å²) in [6.07, 6.45) is 5.03. The van der Waals surface area contributed by atoms with Crippen molar-refractivity contribution in [3.05, 3.63) is 53.7 Å². The number of nitrogens with one attached hydrogen (secondary N) is 4. The number of ether oxygens (including phenoxy) is 1. The molecule has 2 bridgehead atoms. The molecule has 2 aliphatic rings. The van der Waals surface area contributed by atoms with E-state index in [-0.39, 0.29) is 41.7 Å². The average molecular weight is 568 g/mol. The molecule has 2 aliphatic heterocycles. The van der Waals surface area contributed by atoms with Gasteiger partial charge in [0, 0.05) is 32.6 Å². The number of nitrogens with zero attached hydrogens (tertiary/aromatic N) is 1. The van der Waals surface area contributed by atoms with E-state index in [1.165, 1.54) is 6.26 Å². The highest BCUT2D eigenvalue weighted by molar-refractivity contribution is 5.93. The van der Waals surface area contributed by atoms with Gasteiger partial charge in [-0.05, 0) is 49.5 Å². The second-order valence-corrected chi connectivity index (χ2v) is 11.2. The third kappa shape index (κ3) is 8.88. The minimum Gasteiger partial charge on any atom is -0.446 e. The van der Waals surface area contributed by atoms with E-state index in [0.29, 0.717) is 45.4 Å². The molecular formula is C30H41N5O6. The van der Waals surface area contributed by atoms with Crippen LogP contribution in [0.5, 0.6) is 0 Å². The Labute approximate surface area is 240 Å². The van der Waals surface area contributed by atoms with Crippen LogP contribution >= 0.6 is 0 Å². The Balaban J connectivity index is 1.56. The molecule has 0 saturated carbocycles. The molecule has 4 N–H and O–H groups in total. The fraction of sp³-hybridized carbons (Fsp3) is 0.567. The van der Waals surface area contributed by atoms with Gasteiger partial charge in [0.15, 0.2) is 5.69 Å².